The summed E-state index contributed by atoms with van der Waals surface area (Å²) in [4.78, 5) is 18.7. The van der Waals surface area contributed by atoms with E-state index in [-0.39, 0.29) is 11.8 Å². The molecule has 0 bridgehead atoms. The Hall–Kier alpha value is -1.94. The van der Waals surface area contributed by atoms with E-state index >= 15 is 0 Å². The van der Waals surface area contributed by atoms with E-state index in [0.29, 0.717) is 18.8 Å². The third-order valence-electron chi connectivity index (χ3n) is 4.44. The number of aromatic nitrogens is 3. The van der Waals surface area contributed by atoms with Gasteiger partial charge in [0.25, 0.3) is 0 Å². The van der Waals surface area contributed by atoms with E-state index in [0.717, 1.165) is 22.8 Å². The number of nitriles is 1. The summed E-state index contributed by atoms with van der Waals surface area (Å²) in [5.74, 6) is 0.695. The largest absolute Gasteiger partial charge is 0.293 e. The molecule has 0 N–H and O–H groups in total. The first-order valence-electron chi connectivity index (χ1n) is 6.88. The second-order valence-electron chi connectivity index (χ2n) is 5.64. The Kier molecular flexibility index (Phi) is 2.60. The maximum atomic E-state index is 12.8. The first-order chi connectivity index (χ1) is 10.2. The summed E-state index contributed by atoms with van der Waals surface area (Å²) in [6.45, 7) is 0.540. The van der Waals surface area contributed by atoms with Crippen molar-refractivity contribution in [3.63, 3.8) is 0 Å². The molecule has 0 aromatic carbocycles. The Morgan fingerprint density at radius 1 is 1.48 bits per heavy atom. The Morgan fingerprint density at radius 2 is 2.29 bits per heavy atom. The van der Waals surface area contributed by atoms with Gasteiger partial charge in [0.05, 0.1) is 6.07 Å². The van der Waals surface area contributed by atoms with Crippen LogP contribution in [0.4, 0.5) is 5.82 Å². The monoisotopic (exact) mass is 345 g/mol. The molecule has 1 aliphatic carbocycles. The Balaban J connectivity index is 1.80. The van der Waals surface area contributed by atoms with Crippen molar-refractivity contribution in [2.24, 2.45) is 11.3 Å². The summed E-state index contributed by atoms with van der Waals surface area (Å²) < 4.78 is 2.56. The maximum absolute atomic E-state index is 12.8. The zero-order chi connectivity index (χ0) is 14.6. The van der Waals surface area contributed by atoms with E-state index in [4.69, 9.17) is 0 Å². The molecule has 2 fully saturated rings. The van der Waals surface area contributed by atoms with Crippen LogP contribution in [0.2, 0.25) is 0 Å². The highest BCUT2D eigenvalue weighted by atomic mass is 79.9. The van der Waals surface area contributed by atoms with Gasteiger partial charge in [0.2, 0.25) is 5.91 Å². The standard InChI is InChI=1S/C14H12BrN5O/c15-10-5-11-12(17-8-18-20(11)6-10)19-4-3-14(7-16,13(19)21)9-1-2-9/h5-6,8-9H,1-4H2/t14-/m1/s1. The molecule has 106 valence electrons. The average molecular weight is 346 g/mol. The van der Waals surface area contributed by atoms with Crippen LogP contribution in [0, 0.1) is 22.7 Å². The fraction of sp³-hybridized carbons (Fsp3) is 0.429. The van der Waals surface area contributed by atoms with Gasteiger partial charge in [-0.25, -0.2) is 9.50 Å². The molecule has 0 spiro atoms. The SMILES string of the molecule is N#C[C@@]1(C2CC2)CCN(c2ncnn3cc(Br)cc23)C1=O. The van der Waals surface area contributed by atoms with Crippen molar-refractivity contribution >= 4 is 33.2 Å². The van der Waals surface area contributed by atoms with Crippen molar-refractivity contribution in [2.75, 3.05) is 11.4 Å². The van der Waals surface area contributed by atoms with Gasteiger partial charge in [-0.3, -0.25) is 9.69 Å². The molecule has 7 heteroatoms. The molecule has 1 atom stereocenters. The topological polar surface area (TPSA) is 74.3 Å². The molecule has 1 saturated heterocycles. The minimum Gasteiger partial charge on any atom is -0.293 e. The minimum absolute atomic E-state index is 0.106. The molecule has 2 aromatic rings. The summed E-state index contributed by atoms with van der Waals surface area (Å²) in [5, 5.41) is 13.7. The van der Waals surface area contributed by atoms with Crippen LogP contribution in [-0.4, -0.2) is 27.0 Å². The summed E-state index contributed by atoms with van der Waals surface area (Å²) in [6, 6.07) is 4.17. The average Bonchev–Trinajstić information content (AvgIpc) is 3.17. The minimum atomic E-state index is -0.842. The van der Waals surface area contributed by atoms with E-state index in [1.54, 1.807) is 9.42 Å². The summed E-state index contributed by atoms with van der Waals surface area (Å²) >= 11 is 3.41. The Labute approximate surface area is 129 Å². The van der Waals surface area contributed by atoms with Gasteiger partial charge in [0.1, 0.15) is 17.3 Å². The zero-order valence-corrected chi connectivity index (χ0v) is 12.7. The van der Waals surface area contributed by atoms with Gasteiger partial charge in [-0.05, 0) is 47.2 Å². The van der Waals surface area contributed by atoms with Crippen LogP contribution in [0.15, 0.2) is 23.1 Å². The van der Waals surface area contributed by atoms with E-state index in [1.165, 1.54) is 6.33 Å². The molecule has 1 amide bonds. The van der Waals surface area contributed by atoms with Crippen LogP contribution >= 0.6 is 15.9 Å². The number of carbonyl (C=O) groups is 1. The fourth-order valence-corrected chi connectivity index (χ4v) is 3.59. The predicted octanol–water partition coefficient (Wildman–Crippen LogP) is 2.15. The van der Waals surface area contributed by atoms with Crippen molar-refractivity contribution in [3.8, 4) is 6.07 Å². The van der Waals surface area contributed by atoms with Gasteiger partial charge in [0.15, 0.2) is 5.82 Å². The van der Waals surface area contributed by atoms with Gasteiger partial charge in [-0.1, -0.05) is 0 Å². The number of hydrogen-bond acceptors (Lipinski definition) is 4. The van der Waals surface area contributed by atoms with Gasteiger partial charge in [-0.2, -0.15) is 10.4 Å². The van der Waals surface area contributed by atoms with Crippen LogP contribution in [0.1, 0.15) is 19.3 Å². The van der Waals surface area contributed by atoms with E-state index in [2.05, 4.69) is 32.1 Å². The van der Waals surface area contributed by atoms with Crippen molar-refractivity contribution in [1.29, 1.82) is 5.26 Å². The van der Waals surface area contributed by atoms with Crippen LogP contribution in [0.5, 0.6) is 0 Å². The van der Waals surface area contributed by atoms with Gasteiger partial charge >= 0.3 is 0 Å². The molecule has 1 saturated carbocycles. The summed E-state index contributed by atoms with van der Waals surface area (Å²) in [6.07, 6.45) is 5.79. The van der Waals surface area contributed by atoms with Gasteiger partial charge in [-0.15, -0.1) is 0 Å². The first kappa shape index (κ1) is 12.8. The van der Waals surface area contributed by atoms with Gasteiger partial charge in [0, 0.05) is 17.2 Å². The normalized spacial score (nSPS) is 25.5. The lowest BCUT2D eigenvalue weighted by Crippen LogP contribution is -2.35. The number of fused-ring (bicyclic) bond motifs is 1. The highest BCUT2D eigenvalue weighted by Crippen LogP contribution is 2.51. The quantitative estimate of drug-likeness (QED) is 0.835. The van der Waals surface area contributed by atoms with E-state index in [1.807, 2.05) is 12.3 Å². The highest BCUT2D eigenvalue weighted by molar-refractivity contribution is 9.10. The Morgan fingerprint density at radius 3 is 3.00 bits per heavy atom. The van der Waals surface area contributed by atoms with E-state index in [9.17, 15) is 10.1 Å². The molecule has 1 aliphatic heterocycles. The molecule has 2 aliphatic rings. The molecular formula is C14H12BrN5O. The third kappa shape index (κ3) is 1.72. The summed E-state index contributed by atoms with van der Waals surface area (Å²) in [5.41, 5.74) is -0.0755. The van der Waals surface area contributed by atoms with Crippen LogP contribution < -0.4 is 4.90 Å². The van der Waals surface area contributed by atoms with Crippen LogP contribution in [0.25, 0.3) is 5.52 Å². The molecule has 2 aromatic heterocycles. The lowest BCUT2D eigenvalue weighted by atomic mass is 9.83. The number of anilines is 1. The number of hydrogen-bond donors (Lipinski definition) is 0. The van der Waals surface area contributed by atoms with E-state index < -0.39 is 5.41 Å². The Bertz CT molecular complexity index is 790. The van der Waals surface area contributed by atoms with Crippen molar-refractivity contribution in [2.45, 2.75) is 19.3 Å². The van der Waals surface area contributed by atoms with Crippen molar-refractivity contribution in [3.05, 3.63) is 23.1 Å². The lowest BCUT2D eigenvalue weighted by molar-refractivity contribution is -0.123. The molecule has 0 radical (unpaired) electrons. The molecule has 6 nitrogen and oxygen atoms in total. The number of carbonyl (C=O) groups excluding carboxylic acids is 1. The van der Waals surface area contributed by atoms with Crippen LogP contribution in [-0.2, 0) is 4.79 Å². The van der Waals surface area contributed by atoms with Crippen molar-refractivity contribution in [1.82, 2.24) is 14.6 Å². The number of rotatable bonds is 2. The molecule has 4 rings (SSSR count). The third-order valence-corrected chi connectivity index (χ3v) is 4.87. The first-order valence-corrected chi connectivity index (χ1v) is 7.67. The molecule has 0 unspecified atom stereocenters. The number of halogens is 1. The van der Waals surface area contributed by atoms with Crippen LogP contribution in [0.3, 0.4) is 0 Å². The smallest absolute Gasteiger partial charge is 0.249 e. The highest BCUT2D eigenvalue weighted by Gasteiger charge is 2.57. The zero-order valence-electron chi connectivity index (χ0n) is 11.2. The molecule has 3 heterocycles. The molecular weight excluding hydrogens is 334 g/mol. The summed E-state index contributed by atoms with van der Waals surface area (Å²) in [7, 11) is 0. The van der Waals surface area contributed by atoms with Crippen molar-refractivity contribution < 1.29 is 4.79 Å². The number of nitrogens with zero attached hydrogens (tertiary/aromatic N) is 5. The second kappa shape index (κ2) is 4.28. The maximum Gasteiger partial charge on any atom is 0.249 e. The van der Waals surface area contributed by atoms with Gasteiger partial charge < -0.3 is 0 Å². The number of amides is 1. The lowest BCUT2D eigenvalue weighted by Gasteiger charge is -2.20. The molecule has 21 heavy (non-hydrogen) atoms. The fourth-order valence-electron chi connectivity index (χ4n) is 3.18. The second-order valence-corrected chi connectivity index (χ2v) is 6.55. The predicted molar refractivity (Wildman–Crippen MR) is 78.4 cm³/mol.